The maximum Gasteiger partial charge on any atom is 0.412 e. The van der Waals surface area contributed by atoms with Gasteiger partial charge in [-0.2, -0.15) is 12.6 Å². The Kier molecular flexibility index (Phi) is 9.72. The molecule has 4 aromatic rings. The Morgan fingerprint density at radius 2 is 1.68 bits per heavy atom. The molecule has 0 aliphatic heterocycles. The summed E-state index contributed by atoms with van der Waals surface area (Å²) < 4.78 is 18.2. The third kappa shape index (κ3) is 7.32. The largest absolute Gasteiger partial charge is 0.508 e. The number of esters is 1. The number of halogens is 1. The van der Waals surface area contributed by atoms with Crippen molar-refractivity contribution in [2.45, 2.75) is 18.6 Å². The van der Waals surface area contributed by atoms with Gasteiger partial charge >= 0.3 is 12.1 Å². The monoisotopic (exact) mass is 643 g/mol. The van der Waals surface area contributed by atoms with Crippen molar-refractivity contribution in [2.75, 3.05) is 17.7 Å². The molecular weight excluding hydrogens is 617 g/mol. The number of para-hydroxylation sites is 1. The highest BCUT2D eigenvalue weighted by Crippen LogP contribution is 2.35. The lowest BCUT2D eigenvalue weighted by atomic mass is 10.0. The molecule has 1 amide bonds. The number of ether oxygens (including phenoxy) is 3. The lowest BCUT2D eigenvalue weighted by molar-refractivity contribution is -0.141. The Morgan fingerprint density at radius 1 is 0.947 bits per heavy atom. The molecule has 2 atom stereocenters. The van der Waals surface area contributed by atoms with Gasteiger partial charge in [0.1, 0.15) is 17.6 Å². The van der Waals surface area contributed by atoms with Crippen molar-refractivity contribution >= 4 is 63.7 Å². The molecule has 38 heavy (non-hydrogen) atoms. The fourth-order valence-corrected chi connectivity index (χ4v) is 4.57. The minimum atomic E-state index is -1.03. The van der Waals surface area contributed by atoms with Gasteiger partial charge in [0.25, 0.3) is 0 Å². The van der Waals surface area contributed by atoms with E-state index >= 15 is 0 Å². The van der Waals surface area contributed by atoms with Crippen LogP contribution < -0.4 is 10.1 Å². The molecule has 0 spiro atoms. The van der Waals surface area contributed by atoms with Crippen molar-refractivity contribution in [1.82, 2.24) is 0 Å². The Balaban J connectivity index is 1.65. The molecule has 0 bridgehead atoms. The van der Waals surface area contributed by atoms with Crippen LogP contribution in [0.3, 0.4) is 0 Å². The smallest absolute Gasteiger partial charge is 0.412 e. The van der Waals surface area contributed by atoms with Gasteiger partial charge in [0.2, 0.25) is 0 Å². The maximum atomic E-state index is 13.3. The Bertz CT molecular complexity index is 1400. The Morgan fingerprint density at radius 3 is 2.47 bits per heavy atom. The number of hydrogen-bond acceptors (Lipinski definition) is 7. The van der Waals surface area contributed by atoms with Gasteiger partial charge in [0.15, 0.2) is 6.10 Å². The summed E-state index contributed by atoms with van der Waals surface area (Å²) in [4.78, 5) is 25.0. The summed E-state index contributed by atoms with van der Waals surface area (Å²) in [7, 11) is 0. The van der Waals surface area contributed by atoms with Gasteiger partial charge in [-0.15, -0.1) is 0 Å². The van der Waals surface area contributed by atoms with Crippen LogP contribution in [0.5, 0.6) is 11.5 Å². The van der Waals surface area contributed by atoms with Gasteiger partial charge < -0.3 is 19.3 Å². The van der Waals surface area contributed by atoms with E-state index in [1.165, 1.54) is 6.07 Å². The number of fused-ring (bicyclic) bond motifs is 1. The normalized spacial score (nSPS) is 12.4. The standard InChI is InChI=1S/C29H26INO6S/c30-20-13-14-25(32)23(17-20)28(26(15-16-35-27(33)18-38)36-21-9-2-1-3-10-21)37-29(34)31-24-12-6-8-19-7-4-5-11-22(19)24/h1-14,17,26,28,32,38H,15-16,18H2,(H,31,34)/t26-,28-/m1/s1. The number of thiol groups is 1. The van der Waals surface area contributed by atoms with Crippen LogP contribution >= 0.6 is 35.2 Å². The number of anilines is 1. The predicted molar refractivity (Wildman–Crippen MR) is 158 cm³/mol. The van der Waals surface area contributed by atoms with Crippen LogP contribution in [0.2, 0.25) is 0 Å². The van der Waals surface area contributed by atoms with E-state index < -0.39 is 24.3 Å². The molecule has 0 aliphatic carbocycles. The van der Waals surface area contributed by atoms with Gasteiger partial charge in [-0.25, -0.2) is 4.79 Å². The zero-order valence-corrected chi connectivity index (χ0v) is 23.3. The third-order valence-corrected chi connectivity index (χ3v) is 6.65. The average molecular weight is 643 g/mol. The first-order valence-electron chi connectivity index (χ1n) is 11.9. The van der Waals surface area contributed by atoms with Crippen LogP contribution in [0.15, 0.2) is 91.0 Å². The molecular formula is C29H26INO6S. The van der Waals surface area contributed by atoms with Crippen molar-refractivity contribution in [3.05, 3.63) is 100 Å². The highest BCUT2D eigenvalue weighted by atomic mass is 127. The number of carbonyl (C=O) groups excluding carboxylic acids is 2. The van der Waals surface area contributed by atoms with Crippen LogP contribution in [0.25, 0.3) is 10.8 Å². The molecule has 0 aromatic heterocycles. The van der Waals surface area contributed by atoms with Crippen LogP contribution in [-0.2, 0) is 14.3 Å². The fraction of sp³-hybridized carbons (Fsp3) is 0.172. The zero-order chi connectivity index (χ0) is 26.9. The van der Waals surface area contributed by atoms with E-state index in [-0.39, 0.29) is 24.5 Å². The summed E-state index contributed by atoms with van der Waals surface area (Å²) in [5, 5.41) is 15.4. The van der Waals surface area contributed by atoms with Gasteiger partial charge in [-0.3, -0.25) is 10.1 Å². The molecule has 0 fully saturated rings. The second kappa shape index (κ2) is 13.4. The number of rotatable bonds is 10. The summed E-state index contributed by atoms with van der Waals surface area (Å²) in [6.45, 7) is 0.00633. The molecule has 2 N–H and O–H groups in total. The summed E-state index contributed by atoms with van der Waals surface area (Å²) in [6, 6.07) is 27.3. The van der Waals surface area contributed by atoms with Crippen LogP contribution in [-0.4, -0.2) is 35.6 Å². The molecule has 0 aliphatic rings. The average Bonchev–Trinajstić information content (AvgIpc) is 2.93. The molecule has 0 saturated heterocycles. The van der Waals surface area contributed by atoms with Crippen molar-refractivity contribution in [1.29, 1.82) is 0 Å². The van der Waals surface area contributed by atoms with E-state index in [0.29, 0.717) is 17.0 Å². The van der Waals surface area contributed by atoms with Gasteiger partial charge in [-0.1, -0.05) is 54.6 Å². The summed E-state index contributed by atoms with van der Waals surface area (Å²) >= 11 is 6.06. The number of phenolic OH excluding ortho intramolecular Hbond substituents is 1. The predicted octanol–water partition coefficient (Wildman–Crippen LogP) is 6.75. The van der Waals surface area contributed by atoms with E-state index in [0.717, 1.165) is 14.3 Å². The first-order chi connectivity index (χ1) is 18.4. The lowest BCUT2D eigenvalue weighted by Gasteiger charge is -2.29. The number of benzene rings is 4. The Hall–Kier alpha value is -3.44. The van der Waals surface area contributed by atoms with E-state index in [1.54, 1.807) is 30.3 Å². The Labute approximate surface area is 239 Å². The van der Waals surface area contributed by atoms with Gasteiger partial charge in [-0.05, 0) is 64.4 Å². The number of amides is 1. The minimum Gasteiger partial charge on any atom is -0.508 e. The van der Waals surface area contributed by atoms with E-state index in [9.17, 15) is 14.7 Å². The lowest BCUT2D eigenvalue weighted by Crippen LogP contribution is -2.32. The molecule has 196 valence electrons. The van der Waals surface area contributed by atoms with Gasteiger partial charge in [0.05, 0.1) is 18.0 Å². The van der Waals surface area contributed by atoms with E-state index in [4.69, 9.17) is 14.2 Å². The van der Waals surface area contributed by atoms with Crippen molar-refractivity contribution < 1.29 is 28.9 Å². The number of aromatic hydroxyl groups is 1. The topological polar surface area (TPSA) is 94.1 Å². The number of carbonyl (C=O) groups is 2. The molecule has 0 unspecified atom stereocenters. The molecule has 4 rings (SSSR count). The minimum absolute atomic E-state index is 0.00633. The number of phenols is 1. The van der Waals surface area contributed by atoms with Crippen molar-refractivity contribution in [3.63, 3.8) is 0 Å². The number of hydrogen-bond donors (Lipinski definition) is 3. The van der Waals surface area contributed by atoms with Gasteiger partial charge in [0, 0.05) is 20.9 Å². The fourth-order valence-electron chi connectivity index (χ4n) is 3.96. The summed E-state index contributed by atoms with van der Waals surface area (Å²) in [6.07, 6.45) is -2.37. The third-order valence-electron chi connectivity index (χ3n) is 5.72. The molecule has 4 aromatic carbocycles. The molecule has 0 heterocycles. The zero-order valence-electron chi connectivity index (χ0n) is 20.2. The quantitative estimate of drug-likeness (QED) is 0.101. The second-order valence-corrected chi connectivity index (χ2v) is 9.88. The first kappa shape index (κ1) is 27.6. The molecule has 7 nitrogen and oxygen atoms in total. The van der Waals surface area contributed by atoms with Crippen LogP contribution in [0.4, 0.5) is 10.5 Å². The van der Waals surface area contributed by atoms with Crippen LogP contribution in [0.1, 0.15) is 18.1 Å². The highest BCUT2D eigenvalue weighted by molar-refractivity contribution is 14.1. The number of nitrogens with one attached hydrogen (secondary N) is 1. The molecule has 0 saturated carbocycles. The van der Waals surface area contributed by atoms with Crippen molar-refractivity contribution in [2.24, 2.45) is 0 Å². The SMILES string of the molecule is O=C(CS)OCC[C@@H](Oc1ccccc1)[C@H](OC(=O)Nc1cccc2ccccc12)c1cc(I)ccc1O. The highest BCUT2D eigenvalue weighted by Gasteiger charge is 2.32. The first-order valence-corrected chi connectivity index (χ1v) is 13.6. The second-order valence-electron chi connectivity index (χ2n) is 8.32. The van der Waals surface area contributed by atoms with Crippen molar-refractivity contribution in [3.8, 4) is 11.5 Å². The van der Waals surface area contributed by atoms with E-state index in [2.05, 4.69) is 40.5 Å². The van der Waals surface area contributed by atoms with Crippen LogP contribution in [0, 0.1) is 3.57 Å². The van der Waals surface area contributed by atoms with E-state index in [1.807, 2.05) is 54.6 Å². The summed E-state index contributed by atoms with van der Waals surface area (Å²) in [5.41, 5.74) is 0.952. The molecule has 0 radical (unpaired) electrons. The summed E-state index contributed by atoms with van der Waals surface area (Å²) in [5.74, 6) is -0.0569. The molecule has 9 heteroatoms. The maximum absolute atomic E-state index is 13.3.